The van der Waals surface area contributed by atoms with Crippen LogP contribution < -0.4 is 0 Å². The SMILES string of the molecule is COC1O[C@H](CCP=O)[C@@H](O)[C@H]1O. The average Bonchev–Trinajstić information content (AvgIpc) is 2.41. The van der Waals surface area contributed by atoms with E-state index in [0.717, 1.165) is 0 Å². The van der Waals surface area contributed by atoms with E-state index in [2.05, 4.69) is 0 Å². The van der Waals surface area contributed by atoms with Crippen LogP contribution in [0.4, 0.5) is 0 Å². The van der Waals surface area contributed by atoms with Gasteiger partial charge in [-0.1, -0.05) is 0 Å². The van der Waals surface area contributed by atoms with Crippen LogP contribution in [-0.4, -0.2) is 48.1 Å². The third kappa shape index (κ3) is 2.45. The van der Waals surface area contributed by atoms with Gasteiger partial charge in [0.1, 0.15) is 12.2 Å². The first-order valence-corrected chi connectivity index (χ1v) is 5.04. The molecule has 13 heavy (non-hydrogen) atoms. The lowest BCUT2D eigenvalue weighted by atomic mass is 10.1. The molecule has 1 aliphatic heterocycles. The highest BCUT2D eigenvalue weighted by molar-refractivity contribution is 7.23. The number of hydrogen-bond donors (Lipinski definition) is 2. The third-order valence-electron chi connectivity index (χ3n) is 2.06. The van der Waals surface area contributed by atoms with Crippen molar-refractivity contribution >= 4 is 8.46 Å². The Morgan fingerprint density at radius 1 is 1.46 bits per heavy atom. The molecule has 0 amide bonds. The Bertz CT molecular complexity index is 176. The molecule has 6 heteroatoms. The molecule has 0 aromatic heterocycles. The topological polar surface area (TPSA) is 76.0 Å². The van der Waals surface area contributed by atoms with E-state index in [0.29, 0.717) is 12.6 Å². The van der Waals surface area contributed by atoms with Crippen molar-refractivity contribution in [3.8, 4) is 0 Å². The van der Waals surface area contributed by atoms with Gasteiger partial charge in [-0.25, -0.2) is 0 Å². The number of ether oxygens (including phenoxy) is 2. The Labute approximate surface area is 77.9 Å². The Kier molecular flexibility index (Phi) is 4.22. The second-order valence-corrected chi connectivity index (χ2v) is 3.61. The number of aliphatic hydroxyl groups excluding tert-OH is 2. The van der Waals surface area contributed by atoms with Gasteiger partial charge >= 0.3 is 0 Å². The lowest BCUT2D eigenvalue weighted by Crippen LogP contribution is -2.33. The van der Waals surface area contributed by atoms with Crippen molar-refractivity contribution in [3.63, 3.8) is 0 Å². The molecule has 0 bridgehead atoms. The van der Waals surface area contributed by atoms with Gasteiger partial charge in [0.15, 0.2) is 14.8 Å². The summed E-state index contributed by atoms with van der Waals surface area (Å²) < 4.78 is 20.1. The zero-order valence-corrected chi connectivity index (χ0v) is 8.18. The zero-order chi connectivity index (χ0) is 9.84. The predicted octanol–water partition coefficient (Wildman–Crippen LogP) is -0.239. The quantitative estimate of drug-likeness (QED) is 0.623. The standard InChI is InChI=1S/C7H13O5P/c1-11-7-6(9)5(8)4(12-7)2-3-13-10/h4-9H,2-3H2,1H3/t4-,5-,6-,7?/m1/s1. The van der Waals surface area contributed by atoms with E-state index in [-0.39, 0.29) is 8.46 Å². The maximum atomic E-state index is 10.2. The molecule has 1 aliphatic rings. The molecular weight excluding hydrogens is 195 g/mol. The summed E-state index contributed by atoms with van der Waals surface area (Å²) in [6.45, 7) is 0. The molecule has 5 nitrogen and oxygen atoms in total. The maximum absolute atomic E-state index is 10.2. The Morgan fingerprint density at radius 2 is 2.15 bits per heavy atom. The summed E-state index contributed by atoms with van der Waals surface area (Å²) in [7, 11) is 1.41. The first-order valence-electron chi connectivity index (χ1n) is 4.04. The predicted molar refractivity (Wildman–Crippen MR) is 44.8 cm³/mol. The summed E-state index contributed by atoms with van der Waals surface area (Å²) in [5.74, 6) is 0. The van der Waals surface area contributed by atoms with E-state index >= 15 is 0 Å². The highest BCUT2D eigenvalue weighted by atomic mass is 31.1. The van der Waals surface area contributed by atoms with E-state index in [1.54, 1.807) is 0 Å². The number of methoxy groups -OCH3 is 1. The molecule has 0 saturated carbocycles. The van der Waals surface area contributed by atoms with Gasteiger partial charge in [-0.05, 0) is 6.42 Å². The molecule has 0 aliphatic carbocycles. The van der Waals surface area contributed by atoms with Crippen molar-refractivity contribution < 1.29 is 24.3 Å². The van der Waals surface area contributed by atoms with Gasteiger partial charge in [0.25, 0.3) is 0 Å². The van der Waals surface area contributed by atoms with E-state index in [9.17, 15) is 14.8 Å². The first-order chi connectivity index (χ1) is 6.20. The number of rotatable bonds is 4. The molecule has 1 heterocycles. The Morgan fingerprint density at radius 3 is 2.62 bits per heavy atom. The van der Waals surface area contributed by atoms with Gasteiger partial charge in [0.05, 0.1) is 6.10 Å². The van der Waals surface area contributed by atoms with Crippen molar-refractivity contribution in [2.24, 2.45) is 0 Å². The van der Waals surface area contributed by atoms with Crippen LogP contribution in [0.1, 0.15) is 6.42 Å². The van der Waals surface area contributed by atoms with Crippen LogP contribution in [0.5, 0.6) is 0 Å². The summed E-state index contributed by atoms with van der Waals surface area (Å²) in [4.78, 5) is 0. The van der Waals surface area contributed by atoms with Crippen LogP contribution in [0.3, 0.4) is 0 Å². The monoisotopic (exact) mass is 208 g/mol. The van der Waals surface area contributed by atoms with Crippen LogP contribution >= 0.6 is 8.46 Å². The van der Waals surface area contributed by atoms with E-state index in [1.165, 1.54) is 7.11 Å². The molecule has 1 rings (SSSR count). The summed E-state index contributed by atoms with van der Waals surface area (Å²) in [6.07, 6.45) is -2.37. The summed E-state index contributed by atoms with van der Waals surface area (Å²) in [5, 5.41) is 18.8. The van der Waals surface area contributed by atoms with E-state index in [4.69, 9.17) is 9.47 Å². The summed E-state index contributed by atoms with van der Waals surface area (Å²) >= 11 is 0. The van der Waals surface area contributed by atoms with Gasteiger partial charge in [-0.2, -0.15) is 0 Å². The molecule has 1 fully saturated rings. The average molecular weight is 208 g/mol. The van der Waals surface area contributed by atoms with E-state index in [1.807, 2.05) is 0 Å². The molecule has 76 valence electrons. The normalized spacial score (nSPS) is 39.9. The van der Waals surface area contributed by atoms with Crippen LogP contribution in [-0.2, 0) is 14.0 Å². The lowest BCUT2D eigenvalue weighted by molar-refractivity contribution is -0.148. The second-order valence-electron chi connectivity index (χ2n) is 2.90. The molecule has 4 atom stereocenters. The Hall–Kier alpha value is -0.0600. The van der Waals surface area contributed by atoms with Gasteiger partial charge in [0.2, 0.25) is 0 Å². The van der Waals surface area contributed by atoms with Gasteiger partial charge in [-0.3, -0.25) is 4.57 Å². The van der Waals surface area contributed by atoms with Crippen molar-refractivity contribution in [1.29, 1.82) is 0 Å². The Balaban J connectivity index is 2.45. The molecule has 1 unspecified atom stereocenters. The van der Waals surface area contributed by atoms with Crippen LogP contribution in [0.25, 0.3) is 0 Å². The van der Waals surface area contributed by atoms with Gasteiger partial charge < -0.3 is 19.7 Å². The van der Waals surface area contributed by atoms with Crippen LogP contribution in [0.15, 0.2) is 0 Å². The first kappa shape index (κ1) is 11.0. The zero-order valence-electron chi connectivity index (χ0n) is 7.29. The summed E-state index contributed by atoms with van der Waals surface area (Å²) in [5.41, 5.74) is 0. The van der Waals surface area contributed by atoms with Gasteiger partial charge in [0, 0.05) is 13.3 Å². The molecule has 2 N–H and O–H groups in total. The fraction of sp³-hybridized carbons (Fsp3) is 1.00. The largest absolute Gasteiger partial charge is 0.387 e. The van der Waals surface area contributed by atoms with E-state index < -0.39 is 24.6 Å². The van der Waals surface area contributed by atoms with Crippen LogP contribution in [0.2, 0.25) is 0 Å². The molecule has 1 saturated heterocycles. The fourth-order valence-corrected chi connectivity index (χ4v) is 1.69. The molecule has 0 spiro atoms. The van der Waals surface area contributed by atoms with Crippen molar-refractivity contribution in [3.05, 3.63) is 0 Å². The van der Waals surface area contributed by atoms with Crippen LogP contribution in [0, 0.1) is 0 Å². The summed E-state index contributed by atoms with van der Waals surface area (Å²) in [6, 6.07) is 0. The minimum atomic E-state index is -1.02. The maximum Gasteiger partial charge on any atom is 0.186 e. The number of hydrogen-bond acceptors (Lipinski definition) is 5. The second kappa shape index (κ2) is 4.98. The van der Waals surface area contributed by atoms with Crippen molar-refractivity contribution in [2.45, 2.75) is 31.0 Å². The molecule has 0 radical (unpaired) electrons. The van der Waals surface area contributed by atoms with Crippen molar-refractivity contribution in [2.75, 3.05) is 13.3 Å². The minimum Gasteiger partial charge on any atom is -0.387 e. The minimum absolute atomic E-state index is 0.0163. The van der Waals surface area contributed by atoms with Crippen molar-refractivity contribution in [1.82, 2.24) is 0 Å². The number of aliphatic hydroxyl groups is 2. The molecule has 0 aromatic carbocycles. The third-order valence-corrected chi connectivity index (χ3v) is 2.50. The highest BCUT2D eigenvalue weighted by Gasteiger charge is 2.42. The molecular formula is C7H13O5P. The fourth-order valence-electron chi connectivity index (χ4n) is 1.33. The highest BCUT2D eigenvalue weighted by Crippen LogP contribution is 2.24. The smallest absolute Gasteiger partial charge is 0.186 e. The lowest BCUT2D eigenvalue weighted by Gasteiger charge is -2.11. The van der Waals surface area contributed by atoms with Gasteiger partial charge in [-0.15, -0.1) is 0 Å². The molecule has 0 aromatic rings.